The smallest absolute Gasteiger partial charge is 0.333 e. The third-order valence-electron chi connectivity index (χ3n) is 11.6. The summed E-state index contributed by atoms with van der Waals surface area (Å²) in [4.78, 5) is 13.7. The molecule has 15 atom stereocenters. The van der Waals surface area contributed by atoms with Crippen molar-refractivity contribution in [3.05, 3.63) is 58.7 Å². The summed E-state index contributed by atoms with van der Waals surface area (Å²) in [6, 6.07) is 0. The van der Waals surface area contributed by atoms with Crippen LogP contribution in [0.25, 0.3) is 0 Å². The molecule has 0 aliphatic carbocycles. The fourth-order valence-corrected chi connectivity index (χ4v) is 8.11. The molecule has 0 saturated carbocycles. The fourth-order valence-electron chi connectivity index (χ4n) is 8.11. The molecule has 2 saturated heterocycles. The number of carbonyl (C=O) groups is 1. The molecule has 0 amide bonds. The van der Waals surface area contributed by atoms with Gasteiger partial charge in [0.15, 0.2) is 12.1 Å². The zero-order valence-corrected chi connectivity index (χ0v) is 36.0. The van der Waals surface area contributed by atoms with Crippen molar-refractivity contribution in [3.8, 4) is 0 Å². The van der Waals surface area contributed by atoms with E-state index in [2.05, 4.69) is 6.08 Å². The second-order valence-corrected chi connectivity index (χ2v) is 16.5. The summed E-state index contributed by atoms with van der Waals surface area (Å²) < 4.78 is 41.1. The minimum Gasteiger partial charge on any atom is -0.459 e. The lowest BCUT2D eigenvalue weighted by molar-refractivity contribution is -0.329. The number of allylic oxidation sites excluding steroid dienone is 7. The number of cyclic esters (lactones) is 1. The lowest BCUT2D eigenvalue weighted by atomic mass is 9.77. The average molecular weight is 809 g/mol. The highest BCUT2D eigenvalue weighted by molar-refractivity contribution is 5.88. The van der Waals surface area contributed by atoms with Crippen LogP contribution in [0.4, 0.5) is 0 Å². The Kier molecular flexibility index (Phi) is 19.7. The summed E-state index contributed by atoms with van der Waals surface area (Å²) in [5.74, 6) is -3.69. The number of ether oxygens (including phenoxy) is 7. The molecule has 0 unspecified atom stereocenters. The van der Waals surface area contributed by atoms with Crippen molar-refractivity contribution in [1.29, 1.82) is 0 Å². The lowest BCUT2D eigenvalue weighted by Gasteiger charge is -2.49. The van der Waals surface area contributed by atoms with E-state index in [1.54, 1.807) is 34.0 Å². The monoisotopic (exact) mass is 808 g/mol. The maximum atomic E-state index is 13.7. The molecule has 0 aromatic rings. The first-order valence-electron chi connectivity index (χ1n) is 20.4. The van der Waals surface area contributed by atoms with Crippen molar-refractivity contribution in [2.24, 2.45) is 17.8 Å². The number of rotatable bonds is 10. The molecule has 0 aromatic carbocycles. The van der Waals surface area contributed by atoms with E-state index < -0.39 is 78.9 Å². The SMILES string of the molecule is COC[C@H](O)C[C@H]1O[C@@](O)(C[C@@H]2C[C@H](OC)CCCC=C(C)C=C[C@@H](O[C@@H]3O[C@@H](C)[C@H](OC)[C@@H](O)[C@@H]3O)[C@H](C)C=C(C)C=C(C)C=C(C)C(=O)O2)[C@H](C)[C@@H](O)[C@H]1C. The van der Waals surface area contributed by atoms with Gasteiger partial charge in [-0.05, 0) is 60.0 Å². The zero-order valence-electron chi connectivity index (χ0n) is 36.0. The van der Waals surface area contributed by atoms with E-state index in [0.717, 1.165) is 29.6 Å². The highest BCUT2D eigenvalue weighted by Gasteiger charge is 2.51. The van der Waals surface area contributed by atoms with Gasteiger partial charge in [-0.2, -0.15) is 0 Å². The van der Waals surface area contributed by atoms with Crippen molar-refractivity contribution in [3.63, 3.8) is 0 Å². The van der Waals surface area contributed by atoms with E-state index in [4.69, 9.17) is 33.2 Å². The molecular weight excluding hydrogens is 736 g/mol. The Morgan fingerprint density at radius 2 is 1.63 bits per heavy atom. The first kappa shape index (κ1) is 49.1. The quantitative estimate of drug-likeness (QED) is 0.189. The summed E-state index contributed by atoms with van der Waals surface area (Å²) in [5.41, 5.74) is 3.06. The molecule has 3 heterocycles. The Morgan fingerprint density at radius 3 is 2.28 bits per heavy atom. The molecule has 13 heteroatoms. The summed E-state index contributed by atoms with van der Waals surface area (Å²) in [7, 11) is 4.56. The van der Waals surface area contributed by atoms with Gasteiger partial charge in [-0.3, -0.25) is 0 Å². The molecule has 0 aromatic heterocycles. The molecule has 3 aliphatic rings. The number of esters is 1. The van der Waals surface area contributed by atoms with Crippen molar-refractivity contribution < 1.29 is 63.5 Å². The predicted molar refractivity (Wildman–Crippen MR) is 216 cm³/mol. The summed E-state index contributed by atoms with van der Waals surface area (Å²) in [6.07, 6.45) is 5.31. The third kappa shape index (κ3) is 14.2. The van der Waals surface area contributed by atoms with Crippen molar-refractivity contribution in [2.75, 3.05) is 27.9 Å². The number of methoxy groups -OCH3 is 3. The van der Waals surface area contributed by atoms with Gasteiger partial charge in [0.2, 0.25) is 0 Å². The fraction of sp³-hybridized carbons (Fsp3) is 0.750. The van der Waals surface area contributed by atoms with Gasteiger partial charge in [0.05, 0.1) is 43.2 Å². The Hall–Kier alpha value is -2.27. The molecule has 326 valence electrons. The van der Waals surface area contributed by atoms with Crippen LogP contribution in [0.1, 0.15) is 93.9 Å². The average Bonchev–Trinajstić information content (AvgIpc) is 3.14. The van der Waals surface area contributed by atoms with Gasteiger partial charge in [-0.15, -0.1) is 0 Å². The summed E-state index contributed by atoms with van der Waals surface area (Å²) >= 11 is 0. The van der Waals surface area contributed by atoms with Crippen molar-refractivity contribution in [1.82, 2.24) is 0 Å². The molecular formula is C44H72O13. The highest BCUT2D eigenvalue weighted by atomic mass is 16.7. The highest BCUT2D eigenvalue weighted by Crippen LogP contribution is 2.41. The van der Waals surface area contributed by atoms with E-state index in [9.17, 15) is 30.3 Å². The van der Waals surface area contributed by atoms with Crippen LogP contribution in [-0.2, 0) is 38.0 Å². The normalized spacial score (nSPS) is 38.9. The van der Waals surface area contributed by atoms with Crippen LogP contribution in [0.3, 0.4) is 0 Å². The van der Waals surface area contributed by atoms with Crippen molar-refractivity contribution in [2.45, 2.75) is 167 Å². The standard InChI is InChI=1S/C44H72O13/c1-25-14-12-13-15-34(52-10)22-35(23-44(50)31(7)38(46)30(6)37(57-44)21-33(45)24-51-9)55-42(49)29(5)20-27(3)18-26(2)19-28(4)36(17-16-25)56-43-40(48)39(47)41(53-11)32(8)54-43/h14,16-20,28,30-41,43,45-48,50H,12-13,15,21-24H2,1-11H3/t28-,30+,31-,32+,33-,34-,35+,36-,37-,38+,39+,40+,41+,43+,44+/m1/s1. The van der Waals surface area contributed by atoms with E-state index in [0.29, 0.717) is 12.0 Å². The van der Waals surface area contributed by atoms with Gasteiger partial charge < -0.3 is 58.7 Å². The molecule has 57 heavy (non-hydrogen) atoms. The van der Waals surface area contributed by atoms with E-state index >= 15 is 0 Å². The molecule has 3 rings (SSSR count). The molecule has 0 bridgehead atoms. The number of hydrogen-bond donors (Lipinski definition) is 5. The predicted octanol–water partition coefficient (Wildman–Crippen LogP) is 4.84. The maximum absolute atomic E-state index is 13.7. The van der Waals surface area contributed by atoms with Gasteiger partial charge in [0, 0.05) is 63.9 Å². The lowest BCUT2D eigenvalue weighted by Crippen LogP contribution is -2.59. The number of hydrogen-bond acceptors (Lipinski definition) is 13. The van der Waals surface area contributed by atoms with Crippen molar-refractivity contribution >= 4 is 5.97 Å². The zero-order chi connectivity index (χ0) is 42.6. The largest absolute Gasteiger partial charge is 0.459 e. The van der Waals surface area contributed by atoms with Crippen LogP contribution in [0.15, 0.2) is 58.7 Å². The second kappa shape index (κ2) is 22.9. The minimum atomic E-state index is -1.86. The van der Waals surface area contributed by atoms with Crippen LogP contribution in [-0.4, -0.2) is 133 Å². The van der Waals surface area contributed by atoms with Crippen LogP contribution < -0.4 is 0 Å². The molecule has 3 aliphatic heterocycles. The first-order valence-corrected chi connectivity index (χ1v) is 20.4. The summed E-state index contributed by atoms with van der Waals surface area (Å²) in [6.45, 7) is 14.9. The van der Waals surface area contributed by atoms with Gasteiger partial charge in [-0.25, -0.2) is 4.79 Å². The van der Waals surface area contributed by atoms with Gasteiger partial charge >= 0.3 is 5.97 Å². The minimum absolute atomic E-state index is 0.0855. The molecule has 13 nitrogen and oxygen atoms in total. The number of aliphatic hydroxyl groups is 5. The first-order chi connectivity index (χ1) is 26.8. The maximum Gasteiger partial charge on any atom is 0.333 e. The topological polar surface area (TPSA) is 183 Å². The third-order valence-corrected chi connectivity index (χ3v) is 11.6. The Balaban J connectivity index is 1.93. The molecule has 5 N–H and O–H groups in total. The van der Waals surface area contributed by atoms with Gasteiger partial charge in [0.25, 0.3) is 0 Å². The van der Waals surface area contributed by atoms with E-state index in [-0.39, 0.29) is 43.8 Å². The molecule has 0 spiro atoms. The Morgan fingerprint density at radius 1 is 0.930 bits per heavy atom. The molecule has 0 radical (unpaired) electrons. The van der Waals surface area contributed by atoms with E-state index in [1.165, 1.54) is 14.2 Å². The van der Waals surface area contributed by atoms with Crippen LogP contribution in [0, 0.1) is 17.8 Å². The second-order valence-electron chi connectivity index (χ2n) is 16.5. The molecule has 2 fully saturated rings. The summed E-state index contributed by atoms with van der Waals surface area (Å²) in [5, 5.41) is 55.3. The Labute approximate surface area is 340 Å². The van der Waals surface area contributed by atoms with Crippen LogP contribution in [0.2, 0.25) is 0 Å². The van der Waals surface area contributed by atoms with E-state index in [1.807, 2.05) is 58.9 Å². The van der Waals surface area contributed by atoms with Gasteiger partial charge in [-0.1, -0.05) is 67.9 Å². The Bertz CT molecular complexity index is 1420. The number of aliphatic hydroxyl groups excluding tert-OH is 4. The number of carbonyl (C=O) groups excluding carboxylic acids is 1. The van der Waals surface area contributed by atoms with Crippen LogP contribution in [0.5, 0.6) is 0 Å². The van der Waals surface area contributed by atoms with Crippen LogP contribution >= 0.6 is 0 Å². The van der Waals surface area contributed by atoms with Gasteiger partial charge in [0.1, 0.15) is 24.4 Å².